The highest BCUT2D eigenvalue weighted by Crippen LogP contribution is 2.43. The minimum atomic E-state index is -0.482. The van der Waals surface area contributed by atoms with Crippen LogP contribution in [-0.4, -0.2) is 36.1 Å². The van der Waals surface area contributed by atoms with E-state index in [4.69, 9.17) is 14.2 Å². The summed E-state index contributed by atoms with van der Waals surface area (Å²) in [6, 6.07) is 16.4. The highest BCUT2D eigenvalue weighted by molar-refractivity contribution is 5.96. The van der Waals surface area contributed by atoms with Crippen LogP contribution in [0.25, 0.3) is 22.2 Å². The highest BCUT2D eigenvalue weighted by atomic mass is 16.6. The number of nitrogens with zero attached hydrogens (tertiary/aromatic N) is 2. The van der Waals surface area contributed by atoms with Gasteiger partial charge in [-0.3, -0.25) is 5.32 Å². The zero-order valence-corrected chi connectivity index (χ0v) is 20.3. The number of hydrogen-bond donors (Lipinski definition) is 1. The average Bonchev–Trinajstić information content (AvgIpc) is 3.43. The van der Waals surface area contributed by atoms with Crippen LogP contribution in [0, 0.1) is 11.3 Å². The van der Waals surface area contributed by atoms with Crippen LogP contribution in [-0.2, 0) is 9.47 Å². The summed E-state index contributed by atoms with van der Waals surface area (Å²) in [6.45, 7) is 4.97. The van der Waals surface area contributed by atoms with E-state index in [1.165, 1.54) is 6.42 Å². The van der Waals surface area contributed by atoms with Crippen molar-refractivity contribution >= 4 is 22.7 Å². The van der Waals surface area contributed by atoms with Crippen LogP contribution in [0.3, 0.4) is 0 Å². The van der Waals surface area contributed by atoms with E-state index in [1.807, 2.05) is 50.2 Å². The van der Waals surface area contributed by atoms with Gasteiger partial charge in [0, 0.05) is 29.8 Å². The van der Waals surface area contributed by atoms with Crippen LogP contribution < -0.4 is 10.1 Å². The summed E-state index contributed by atoms with van der Waals surface area (Å²) in [7, 11) is 0. The molecule has 0 radical (unpaired) electrons. The molecule has 1 atom stereocenters. The third-order valence-corrected chi connectivity index (χ3v) is 6.73. The van der Waals surface area contributed by atoms with Crippen molar-refractivity contribution in [3.8, 4) is 23.1 Å². The predicted octanol–water partition coefficient (Wildman–Crippen LogP) is 6.42. The van der Waals surface area contributed by atoms with Crippen molar-refractivity contribution in [1.29, 1.82) is 5.26 Å². The standard InChI is InChI=1S/C28H31N3O4/c1-18(2)35-28(32)30-20-10-8-19(9-11-20)27-25(16-29)24-13-12-22(34-17-23-7-4-14-33-23)15-26(24)31(27)21-5-3-6-21/h8-13,15,18,21,23H,3-7,14,17H2,1-2H3,(H,30,32). The minimum Gasteiger partial charge on any atom is -0.491 e. The van der Waals surface area contributed by atoms with Crippen LogP contribution >= 0.6 is 0 Å². The molecule has 1 amide bonds. The minimum absolute atomic E-state index is 0.152. The number of rotatable bonds is 7. The molecule has 2 aromatic carbocycles. The third-order valence-electron chi connectivity index (χ3n) is 6.73. The molecule has 3 aromatic rings. The molecule has 35 heavy (non-hydrogen) atoms. The highest BCUT2D eigenvalue weighted by Gasteiger charge is 2.28. The zero-order chi connectivity index (χ0) is 24.4. The van der Waals surface area contributed by atoms with Crippen LogP contribution in [0.2, 0.25) is 0 Å². The molecule has 182 valence electrons. The maximum Gasteiger partial charge on any atom is 0.411 e. The fourth-order valence-electron chi connectivity index (χ4n) is 4.84. The summed E-state index contributed by atoms with van der Waals surface area (Å²) >= 11 is 0. The Balaban J connectivity index is 1.49. The Bertz CT molecular complexity index is 1250. The first-order valence-electron chi connectivity index (χ1n) is 12.4. The monoisotopic (exact) mass is 473 g/mol. The Hall–Kier alpha value is -3.50. The Labute approximate surface area is 205 Å². The van der Waals surface area contributed by atoms with Gasteiger partial charge < -0.3 is 18.8 Å². The fraction of sp³-hybridized carbons (Fsp3) is 0.429. The molecule has 1 aromatic heterocycles. The number of ether oxygens (including phenoxy) is 3. The Kier molecular flexibility index (Phi) is 6.65. The second kappa shape index (κ2) is 10.0. The zero-order valence-electron chi connectivity index (χ0n) is 20.3. The normalized spacial score (nSPS) is 17.8. The number of carbonyl (C=O) groups excluding carboxylic acids is 1. The molecule has 2 fully saturated rings. The number of carbonyl (C=O) groups is 1. The molecule has 7 nitrogen and oxygen atoms in total. The van der Waals surface area contributed by atoms with E-state index in [2.05, 4.69) is 22.0 Å². The molecule has 1 unspecified atom stereocenters. The van der Waals surface area contributed by atoms with Gasteiger partial charge in [0.2, 0.25) is 0 Å². The van der Waals surface area contributed by atoms with Gasteiger partial charge in [-0.15, -0.1) is 0 Å². The number of fused-ring (bicyclic) bond motifs is 1. The molecule has 2 aliphatic rings. The lowest BCUT2D eigenvalue weighted by Crippen LogP contribution is -2.18. The summed E-state index contributed by atoms with van der Waals surface area (Å²) < 4.78 is 19.2. The molecule has 1 saturated carbocycles. The van der Waals surface area contributed by atoms with Crippen LogP contribution in [0.1, 0.15) is 57.6 Å². The Morgan fingerprint density at radius 3 is 2.60 bits per heavy atom. The van der Waals surface area contributed by atoms with Crippen LogP contribution in [0.4, 0.5) is 10.5 Å². The summed E-state index contributed by atoms with van der Waals surface area (Å²) in [5, 5.41) is 13.8. The molecule has 1 N–H and O–H groups in total. The Morgan fingerprint density at radius 1 is 1.17 bits per heavy atom. The van der Waals surface area contributed by atoms with E-state index in [0.717, 1.165) is 60.2 Å². The SMILES string of the molecule is CC(C)OC(=O)Nc1ccc(-c2c(C#N)c3ccc(OCC4CCCO4)cc3n2C2CCC2)cc1. The van der Waals surface area contributed by atoms with E-state index >= 15 is 0 Å². The van der Waals surface area contributed by atoms with E-state index in [1.54, 1.807) is 0 Å². The van der Waals surface area contributed by atoms with Gasteiger partial charge in [-0.25, -0.2) is 4.79 Å². The summed E-state index contributed by atoms with van der Waals surface area (Å²) in [6.07, 6.45) is 4.95. The van der Waals surface area contributed by atoms with Gasteiger partial charge in [-0.1, -0.05) is 12.1 Å². The fourth-order valence-corrected chi connectivity index (χ4v) is 4.84. The second-order valence-corrected chi connectivity index (χ2v) is 9.57. The number of hydrogen-bond acceptors (Lipinski definition) is 5. The average molecular weight is 474 g/mol. The first-order valence-corrected chi connectivity index (χ1v) is 12.4. The molecule has 5 rings (SSSR count). The van der Waals surface area contributed by atoms with Gasteiger partial charge in [0.25, 0.3) is 0 Å². The van der Waals surface area contributed by atoms with Gasteiger partial charge in [-0.05, 0) is 75.8 Å². The first kappa shape index (κ1) is 23.3. The van der Waals surface area contributed by atoms with Gasteiger partial charge in [0.1, 0.15) is 18.4 Å². The predicted molar refractivity (Wildman–Crippen MR) is 135 cm³/mol. The quantitative estimate of drug-likeness (QED) is 0.428. The lowest BCUT2D eigenvalue weighted by molar-refractivity contribution is 0.0680. The van der Waals surface area contributed by atoms with Gasteiger partial charge in [0.15, 0.2) is 0 Å². The number of aromatic nitrogens is 1. The van der Waals surface area contributed by atoms with E-state index in [9.17, 15) is 10.1 Å². The molecular formula is C28H31N3O4. The maximum absolute atomic E-state index is 12.0. The Morgan fingerprint density at radius 2 is 1.97 bits per heavy atom. The number of anilines is 1. The number of benzene rings is 2. The molecule has 1 aliphatic heterocycles. The van der Waals surface area contributed by atoms with Gasteiger partial charge >= 0.3 is 6.09 Å². The topological polar surface area (TPSA) is 85.5 Å². The summed E-state index contributed by atoms with van der Waals surface area (Å²) in [4.78, 5) is 12.0. The van der Waals surface area contributed by atoms with Gasteiger partial charge in [-0.2, -0.15) is 5.26 Å². The summed E-state index contributed by atoms with van der Waals surface area (Å²) in [5.41, 5.74) is 4.19. The van der Waals surface area contributed by atoms with Crippen LogP contribution in [0.15, 0.2) is 42.5 Å². The van der Waals surface area contributed by atoms with Crippen molar-refractivity contribution in [3.63, 3.8) is 0 Å². The molecule has 1 aliphatic carbocycles. The number of nitriles is 1. The third kappa shape index (κ3) is 4.85. The lowest BCUT2D eigenvalue weighted by atomic mass is 9.92. The largest absolute Gasteiger partial charge is 0.491 e. The van der Waals surface area contributed by atoms with Crippen LogP contribution in [0.5, 0.6) is 5.75 Å². The number of nitrogens with one attached hydrogen (secondary N) is 1. The van der Waals surface area contributed by atoms with E-state index in [0.29, 0.717) is 23.9 Å². The molecule has 0 spiro atoms. The van der Waals surface area contributed by atoms with Gasteiger partial charge in [0.05, 0.1) is 29.0 Å². The van der Waals surface area contributed by atoms with Crippen molar-refractivity contribution in [2.75, 3.05) is 18.5 Å². The lowest BCUT2D eigenvalue weighted by Gasteiger charge is -2.30. The molecular weight excluding hydrogens is 442 g/mol. The number of amides is 1. The maximum atomic E-state index is 12.0. The second-order valence-electron chi connectivity index (χ2n) is 9.57. The smallest absolute Gasteiger partial charge is 0.411 e. The van der Waals surface area contributed by atoms with E-state index < -0.39 is 6.09 Å². The molecule has 7 heteroatoms. The van der Waals surface area contributed by atoms with Crippen molar-refractivity contribution in [3.05, 3.63) is 48.0 Å². The van der Waals surface area contributed by atoms with Crippen molar-refractivity contribution in [1.82, 2.24) is 4.57 Å². The van der Waals surface area contributed by atoms with Crippen molar-refractivity contribution in [2.24, 2.45) is 0 Å². The summed E-state index contributed by atoms with van der Waals surface area (Å²) in [5.74, 6) is 0.797. The molecule has 1 saturated heterocycles. The molecule has 2 heterocycles. The molecule has 0 bridgehead atoms. The van der Waals surface area contributed by atoms with Crippen molar-refractivity contribution < 1.29 is 19.0 Å². The first-order chi connectivity index (χ1) is 17.0. The van der Waals surface area contributed by atoms with Crippen molar-refractivity contribution in [2.45, 2.75) is 64.2 Å². The van der Waals surface area contributed by atoms with E-state index in [-0.39, 0.29) is 12.2 Å².